The van der Waals surface area contributed by atoms with E-state index in [0.717, 1.165) is 19.3 Å². The molecule has 3 heteroatoms. The van der Waals surface area contributed by atoms with Crippen molar-refractivity contribution in [1.29, 1.82) is 0 Å². The summed E-state index contributed by atoms with van der Waals surface area (Å²) in [6.07, 6.45) is 4.10. The molecule has 0 saturated heterocycles. The molecule has 0 bridgehead atoms. The summed E-state index contributed by atoms with van der Waals surface area (Å²) in [6.45, 7) is 8.20. The molecule has 0 amide bonds. The summed E-state index contributed by atoms with van der Waals surface area (Å²) in [5.74, 6) is 0.423. The molecule has 2 aliphatic rings. The Balaban J connectivity index is 2.32. The molecular weight excluding hydrogens is 252 g/mol. The summed E-state index contributed by atoms with van der Waals surface area (Å²) in [6, 6.07) is 0. The predicted octanol–water partition coefficient (Wildman–Crippen LogP) is 3.14. The molecule has 114 valence electrons. The van der Waals surface area contributed by atoms with E-state index in [0.29, 0.717) is 12.8 Å². The summed E-state index contributed by atoms with van der Waals surface area (Å²) in [7, 11) is 0. The van der Waals surface area contributed by atoms with Crippen LogP contribution in [-0.4, -0.2) is 22.8 Å². The normalized spacial score (nSPS) is 40.2. The number of carbonyl (C=O) groups is 2. The molecule has 1 N–H and O–H groups in total. The number of ketones is 2. The van der Waals surface area contributed by atoms with Gasteiger partial charge in [0.15, 0.2) is 0 Å². The maximum Gasteiger partial charge on any atom is 0.139 e. The standard InChI is InChI=1S/C17H28O3/c1-11(18)6-7-12-13(19)10-14(20)15-16(2,3)8-5-9-17(12,15)4/h12,14-15,20H,5-10H2,1-4H3/t12-,14-,15-,17+/m0/s1. The molecule has 2 rings (SSSR count). The second-order valence-corrected chi connectivity index (χ2v) is 7.86. The van der Waals surface area contributed by atoms with E-state index in [2.05, 4.69) is 20.8 Å². The molecule has 20 heavy (non-hydrogen) atoms. The maximum absolute atomic E-state index is 12.4. The molecule has 0 aromatic carbocycles. The molecule has 4 atom stereocenters. The number of carbonyl (C=O) groups excluding carboxylic acids is 2. The van der Waals surface area contributed by atoms with Crippen molar-refractivity contribution in [2.45, 2.75) is 72.3 Å². The Hall–Kier alpha value is -0.700. The fourth-order valence-corrected chi connectivity index (χ4v) is 5.15. The Morgan fingerprint density at radius 1 is 1.30 bits per heavy atom. The molecule has 2 saturated carbocycles. The van der Waals surface area contributed by atoms with Gasteiger partial charge in [0.2, 0.25) is 0 Å². The topological polar surface area (TPSA) is 54.4 Å². The average Bonchev–Trinajstić information content (AvgIpc) is 2.25. The lowest BCUT2D eigenvalue weighted by Gasteiger charge is -2.58. The monoisotopic (exact) mass is 280 g/mol. The van der Waals surface area contributed by atoms with Gasteiger partial charge in [-0.25, -0.2) is 0 Å². The highest BCUT2D eigenvalue weighted by atomic mass is 16.3. The van der Waals surface area contributed by atoms with Crippen LogP contribution in [0.2, 0.25) is 0 Å². The zero-order valence-electron chi connectivity index (χ0n) is 13.2. The van der Waals surface area contributed by atoms with Crippen LogP contribution in [0.5, 0.6) is 0 Å². The molecular formula is C17H28O3. The smallest absolute Gasteiger partial charge is 0.139 e. The van der Waals surface area contributed by atoms with E-state index in [1.807, 2.05) is 0 Å². The van der Waals surface area contributed by atoms with Crippen molar-refractivity contribution in [3.63, 3.8) is 0 Å². The third-order valence-electron chi connectivity index (χ3n) is 5.85. The van der Waals surface area contributed by atoms with Crippen LogP contribution in [0.4, 0.5) is 0 Å². The fourth-order valence-electron chi connectivity index (χ4n) is 5.15. The summed E-state index contributed by atoms with van der Waals surface area (Å²) in [5.41, 5.74) is -0.0759. The van der Waals surface area contributed by atoms with Crippen LogP contribution in [0.25, 0.3) is 0 Å². The molecule has 0 heterocycles. The quantitative estimate of drug-likeness (QED) is 0.864. The van der Waals surface area contributed by atoms with E-state index < -0.39 is 6.10 Å². The van der Waals surface area contributed by atoms with Gasteiger partial charge in [-0.1, -0.05) is 27.2 Å². The van der Waals surface area contributed by atoms with Crippen LogP contribution >= 0.6 is 0 Å². The lowest BCUT2D eigenvalue weighted by atomic mass is 9.47. The van der Waals surface area contributed by atoms with Gasteiger partial charge in [-0.15, -0.1) is 0 Å². The molecule has 0 aliphatic heterocycles. The van der Waals surface area contributed by atoms with Crippen LogP contribution in [0.1, 0.15) is 66.2 Å². The number of fused-ring (bicyclic) bond motifs is 1. The zero-order valence-corrected chi connectivity index (χ0v) is 13.2. The highest BCUT2D eigenvalue weighted by Crippen LogP contribution is 2.59. The van der Waals surface area contributed by atoms with Gasteiger partial charge in [0, 0.05) is 18.8 Å². The Bertz CT molecular complexity index is 412. The zero-order chi connectivity index (χ0) is 15.1. The number of hydrogen-bond acceptors (Lipinski definition) is 3. The summed E-state index contributed by atoms with van der Waals surface area (Å²) < 4.78 is 0. The van der Waals surface area contributed by atoms with Crippen LogP contribution in [-0.2, 0) is 9.59 Å². The number of Topliss-reactive ketones (excluding diaryl/α,β-unsaturated/α-hetero) is 2. The number of aliphatic hydroxyl groups is 1. The third kappa shape index (κ3) is 2.57. The Kier molecular flexibility index (Phi) is 4.12. The SMILES string of the molecule is CC(=O)CC[C@H]1C(=O)C[C@H](O)[C@H]2C(C)(C)CCC[C@]12C. The first-order chi connectivity index (χ1) is 9.18. The van der Waals surface area contributed by atoms with Crippen molar-refractivity contribution in [1.82, 2.24) is 0 Å². The van der Waals surface area contributed by atoms with Gasteiger partial charge in [0.25, 0.3) is 0 Å². The predicted molar refractivity (Wildman–Crippen MR) is 78.3 cm³/mol. The van der Waals surface area contributed by atoms with E-state index in [1.165, 1.54) is 0 Å². The largest absolute Gasteiger partial charge is 0.392 e. The lowest BCUT2D eigenvalue weighted by Crippen LogP contribution is -2.57. The van der Waals surface area contributed by atoms with E-state index in [1.54, 1.807) is 6.92 Å². The molecule has 0 aromatic rings. The average molecular weight is 280 g/mol. The van der Waals surface area contributed by atoms with Crippen molar-refractivity contribution in [3.8, 4) is 0 Å². The van der Waals surface area contributed by atoms with Crippen LogP contribution in [0.3, 0.4) is 0 Å². The van der Waals surface area contributed by atoms with Gasteiger partial charge in [-0.2, -0.15) is 0 Å². The van der Waals surface area contributed by atoms with Crippen molar-refractivity contribution < 1.29 is 14.7 Å². The molecule has 2 fully saturated rings. The third-order valence-corrected chi connectivity index (χ3v) is 5.85. The second kappa shape index (κ2) is 5.25. The maximum atomic E-state index is 12.4. The van der Waals surface area contributed by atoms with E-state index in [9.17, 15) is 14.7 Å². The van der Waals surface area contributed by atoms with Crippen LogP contribution < -0.4 is 0 Å². The van der Waals surface area contributed by atoms with E-state index in [-0.39, 0.29) is 40.7 Å². The Morgan fingerprint density at radius 3 is 2.55 bits per heavy atom. The molecule has 0 unspecified atom stereocenters. The minimum Gasteiger partial charge on any atom is -0.392 e. The van der Waals surface area contributed by atoms with Crippen LogP contribution in [0.15, 0.2) is 0 Å². The Labute approximate surface area is 122 Å². The minimum atomic E-state index is -0.517. The first-order valence-electron chi connectivity index (χ1n) is 7.89. The fraction of sp³-hybridized carbons (Fsp3) is 0.882. The van der Waals surface area contributed by atoms with Crippen LogP contribution in [0, 0.1) is 22.7 Å². The van der Waals surface area contributed by atoms with E-state index in [4.69, 9.17) is 0 Å². The molecule has 2 aliphatic carbocycles. The first-order valence-corrected chi connectivity index (χ1v) is 7.89. The van der Waals surface area contributed by atoms with Gasteiger partial charge < -0.3 is 9.90 Å². The highest BCUT2D eigenvalue weighted by Gasteiger charge is 2.57. The van der Waals surface area contributed by atoms with Crippen molar-refractivity contribution >= 4 is 11.6 Å². The van der Waals surface area contributed by atoms with Gasteiger partial charge >= 0.3 is 0 Å². The van der Waals surface area contributed by atoms with Crippen molar-refractivity contribution in [2.75, 3.05) is 0 Å². The highest BCUT2D eigenvalue weighted by molar-refractivity contribution is 5.84. The summed E-state index contributed by atoms with van der Waals surface area (Å²) in [5, 5.41) is 10.5. The number of rotatable bonds is 3. The van der Waals surface area contributed by atoms with Gasteiger partial charge in [-0.05, 0) is 42.9 Å². The summed E-state index contributed by atoms with van der Waals surface area (Å²) >= 11 is 0. The minimum absolute atomic E-state index is 0.0561. The first kappa shape index (κ1) is 15.7. The number of hydrogen-bond donors (Lipinski definition) is 1. The number of aliphatic hydroxyl groups excluding tert-OH is 1. The van der Waals surface area contributed by atoms with Crippen molar-refractivity contribution in [3.05, 3.63) is 0 Å². The van der Waals surface area contributed by atoms with Gasteiger partial charge in [0.1, 0.15) is 11.6 Å². The molecule has 0 radical (unpaired) electrons. The lowest BCUT2D eigenvalue weighted by molar-refractivity contribution is -0.163. The van der Waals surface area contributed by atoms with Gasteiger partial charge in [0.05, 0.1) is 6.10 Å². The summed E-state index contributed by atoms with van der Waals surface area (Å²) in [4.78, 5) is 23.7. The van der Waals surface area contributed by atoms with Gasteiger partial charge in [-0.3, -0.25) is 4.79 Å². The Morgan fingerprint density at radius 2 is 1.95 bits per heavy atom. The molecule has 0 spiro atoms. The molecule has 3 nitrogen and oxygen atoms in total. The second-order valence-electron chi connectivity index (χ2n) is 7.86. The van der Waals surface area contributed by atoms with E-state index >= 15 is 0 Å². The molecule has 0 aromatic heterocycles. The van der Waals surface area contributed by atoms with Crippen molar-refractivity contribution in [2.24, 2.45) is 22.7 Å².